The maximum absolute atomic E-state index is 11.9. The van der Waals surface area contributed by atoms with Gasteiger partial charge in [0.05, 0.1) is 4.90 Å². The molecule has 2 aromatic carbocycles. The third-order valence-electron chi connectivity index (χ3n) is 2.59. The lowest BCUT2D eigenvalue weighted by Crippen LogP contribution is -2.34. The molecular weight excluding hydrogens is 276 g/mol. The van der Waals surface area contributed by atoms with Gasteiger partial charge < -0.3 is 5.32 Å². The molecule has 5 nitrogen and oxygen atoms in total. The van der Waals surface area contributed by atoms with Gasteiger partial charge in [0.1, 0.15) is 0 Å². The van der Waals surface area contributed by atoms with Crippen LogP contribution in [0.15, 0.2) is 59.5 Å². The predicted molar refractivity (Wildman–Crippen MR) is 77.0 cm³/mol. The summed E-state index contributed by atoms with van der Waals surface area (Å²) in [4.78, 5) is 11.7. The van der Waals surface area contributed by atoms with Gasteiger partial charge >= 0.3 is 6.03 Å². The molecule has 0 atom stereocenters. The number of hydrogen-bond acceptors (Lipinski definition) is 3. The molecule has 2 aromatic rings. The van der Waals surface area contributed by atoms with Crippen molar-refractivity contribution in [3.63, 3.8) is 0 Å². The lowest BCUT2D eigenvalue weighted by Gasteiger charge is -2.08. The monoisotopic (exact) mass is 290 g/mol. The average molecular weight is 290 g/mol. The van der Waals surface area contributed by atoms with Crippen LogP contribution in [-0.2, 0) is 10.0 Å². The summed E-state index contributed by atoms with van der Waals surface area (Å²) >= 11 is 0. The topological polar surface area (TPSA) is 75.3 Å². The Morgan fingerprint density at radius 3 is 2.15 bits per heavy atom. The average Bonchev–Trinajstić information content (AvgIpc) is 2.42. The van der Waals surface area contributed by atoms with E-state index in [1.54, 1.807) is 30.3 Å². The predicted octanol–water partition coefficient (Wildman–Crippen LogP) is 2.51. The highest BCUT2D eigenvalue weighted by Crippen LogP contribution is 2.10. The van der Waals surface area contributed by atoms with Gasteiger partial charge in [-0.2, -0.15) is 0 Å². The molecule has 0 fully saturated rings. The van der Waals surface area contributed by atoms with Gasteiger partial charge in [-0.05, 0) is 31.2 Å². The summed E-state index contributed by atoms with van der Waals surface area (Å²) in [6.45, 7) is 1.92. The largest absolute Gasteiger partial charge is 0.333 e. The molecule has 0 unspecified atom stereocenters. The molecule has 2 rings (SSSR count). The van der Waals surface area contributed by atoms with E-state index in [0.717, 1.165) is 5.56 Å². The van der Waals surface area contributed by atoms with Crippen LogP contribution in [0.25, 0.3) is 0 Å². The molecule has 6 heteroatoms. The van der Waals surface area contributed by atoms with Crippen molar-refractivity contribution >= 4 is 21.7 Å². The second kappa shape index (κ2) is 5.75. The highest BCUT2D eigenvalue weighted by atomic mass is 32.2. The fraction of sp³-hybridized carbons (Fsp3) is 0.0714. The second-order valence-electron chi connectivity index (χ2n) is 4.24. The van der Waals surface area contributed by atoms with Crippen LogP contribution in [0.2, 0.25) is 0 Å². The number of carbonyl (C=O) groups is 1. The van der Waals surface area contributed by atoms with Crippen molar-refractivity contribution < 1.29 is 13.2 Å². The second-order valence-corrected chi connectivity index (χ2v) is 5.92. The third-order valence-corrected chi connectivity index (χ3v) is 3.94. The number of nitrogens with one attached hydrogen (secondary N) is 2. The highest BCUT2D eigenvalue weighted by Gasteiger charge is 2.16. The Balaban J connectivity index is 2.06. The standard InChI is InChI=1S/C14H14N2O3S/c1-11-7-9-12(10-8-11)15-14(17)16-20(18,19)13-5-3-2-4-6-13/h2-10H,1H3,(H2,15,16,17). The van der Waals surface area contributed by atoms with E-state index in [1.807, 2.05) is 23.8 Å². The van der Waals surface area contributed by atoms with E-state index >= 15 is 0 Å². The molecule has 0 aliphatic heterocycles. The molecule has 0 aliphatic rings. The summed E-state index contributed by atoms with van der Waals surface area (Å²) < 4.78 is 25.8. The van der Waals surface area contributed by atoms with Gasteiger partial charge in [0.25, 0.3) is 10.0 Å². The molecule has 0 saturated carbocycles. The Morgan fingerprint density at radius 2 is 1.55 bits per heavy atom. The number of anilines is 1. The summed E-state index contributed by atoms with van der Waals surface area (Å²) in [6, 6.07) is 14.0. The molecule has 0 heterocycles. The molecule has 0 bridgehead atoms. The Bertz CT molecular complexity index is 695. The SMILES string of the molecule is Cc1ccc(NC(=O)NS(=O)(=O)c2ccccc2)cc1. The maximum Gasteiger partial charge on any atom is 0.333 e. The van der Waals surface area contributed by atoms with Gasteiger partial charge in [0, 0.05) is 5.69 Å². The van der Waals surface area contributed by atoms with Crippen molar-refractivity contribution in [2.24, 2.45) is 0 Å². The number of rotatable bonds is 3. The first-order chi connectivity index (χ1) is 9.47. The first-order valence-corrected chi connectivity index (χ1v) is 7.41. The lowest BCUT2D eigenvalue weighted by molar-refractivity contribution is 0.256. The van der Waals surface area contributed by atoms with Crippen molar-refractivity contribution in [2.75, 3.05) is 5.32 Å². The van der Waals surface area contributed by atoms with Gasteiger partial charge in [0.15, 0.2) is 0 Å². The number of sulfonamides is 1. The molecule has 2 amide bonds. The van der Waals surface area contributed by atoms with Crippen LogP contribution in [0.3, 0.4) is 0 Å². The summed E-state index contributed by atoms with van der Waals surface area (Å²) in [6.07, 6.45) is 0. The van der Waals surface area contributed by atoms with Gasteiger partial charge in [-0.15, -0.1) is 0 Å². The van der Waals surface area contributed by atoms with Crippen molar-refractivity contribution in [3.8, 4) is 0 Å². The van der Waals surface area contributed by atoms with Crippen molar-refractivity contribution in [1.29, 1.82) is 0 Å². The fourth-order valence-corrected chi connectivity index (χ4v) is 2.50. The summed E-state index contributed by atoms with van der Waals surface area (Å²) in [5, 5.41) is 2.47. The normalized spacial score (nSPS) is 10.8. The van der Waals surface area contributed by atoms with Gasteiger partial charge in [0.2, 0.25) is 0 Å². The van der Waals surface area contributed by atoms with Crippen LogP contribution in [0.5, 0.6) is 0 Å². The van der Waals surface area contributed by atoms with Crippen LogP contribution in [0.4, 0.5) is 10.5 Å². The van der Waals surface area contributed by atoms with Crippen LogP contribution < -0.4 is 10.0 Å². The zero-order valence-electron chi connectivity index (χ0n) is 10.8. The Labute approximate surface area is 117 Å². The van der Waals surface area contributed by atoms with E-state index in [0.29, 0.717) is 5.69 Å². The molecule has 0 spiro atoms. The molecule has 104 valence electrons. The number of urea groups is 1. The molecule has 0 aromatic heterocycles. The minimum absolute atomic E-state index is 0.0408. The molecule has 0 aliphatic carbocycles. The number of carbonyl (C=O) groups excluding carboxylic acids is 1. The van der Waals surface area contributed by atoms with E-state index in [2.05, 4.69) is 5.32 Å². The first kappa shape index (κ1) is 14.1. The highest BCUT2D eigenvalue weighted by molar-refractivity contribution is 7.90. The molecule has 0 saturated heterocycles. The minimum Gasteiger partial charge on any atom is -0.307 e. The molecule has 20 heavy (non-hydrogen) atoms. The van der Waals surface area contributed by atoms with E-state index < -0.39 is 16.1 Å². The Morgan fingerprint density at radius 1 is 0.950 bits per heavy atom. The van der Waals surface area contributed by atoms with Gasteiger partial charge in [-0.1, -0.05) is 35.9 Å². The molecule has 2 N–H and O–H groups in total. The van der Waals surface area contributed by atoms with E-state index in [9.17, 15) is 13.2 Å². The van der Waals surface area contributed by atoms with Crippen molar-refractivity contribution in [3.05, 3.63) is 60.2 Å². The summed E-state index contributed by atoms with van der Waals surface area (Å²) in [7, 11) is -3.85. The zero-order valence-corrected chi connectivity index (χ0v) is 11.6. The van der Waals surface area contributed by atoms with Gasteiger partial charge in [-0.25, -0.2) is 17.9 Å². The lowest BCUT2D eigenvalue weighted by atomic mass is 10.2. The minimum atomic E-state index is -3.85. The van der Waals surface area contributed by atoms with E-state index in [-0.39, 0.29) is 4.90 Å². The number of aryl methyl sites for hydroxylation is 1. The van der Waals surface area contributed by atoms with Crippen molar-refractivity contribution in [2.45, 2.75) is 11.8 Å². The maximum atomic E-state index is 11.9. The van der Waals surface area contributed by atoms with Crippen LogP contribution in [0, 0.1) is 6.92 Å². The Hall–Kier alpha value is -2.34. The summed E-state index contributed by atoms with van der Waals surface area (Å²) in [5.74, 6) is 0. The zero-order chi connectivity index (χ0) is 14.6. The number of benzene rings is 2. The molecule has 0 radical (unpaired) electrons. The van der Waals surface area contributed by atoms with Crippen LogP contribution in [-0.4, -0.2) is 14.4 Å². The Kier molecular flexibility index (Phi) is 4.05. The van der Waals surface area contributed by atoms with Crippen molar-refractivity contribution in [1.82, 2.24) is 4.72 Å². The van der Waals surface area contributed by atoms with Crippen LogP contribution in [0.1, 0.15) is 5.56 Å². The quantitative estimate of drug-likeness (QED) is 0.912. The fourth-order valence-electron chi connectivity index (χ4n) is 1.57. The third kappa shape index (κ3) is 3.58. The van der Waals surface area contributed by atoms with E-state index in [1.165, 1.54) is 12.1 Å². The van der Waals surface area contributed by atoms with Gasteiger partial charge in [-0.3, -0.25) is 0 Å². The first-order valence-electron chi connectivity index (χ1n) is 5.93. The van der Waals surface area contributed by atoms with Crippen LogP contribution >= 0.6 is 0 Å². The smallest absolute Gasteiger partial charge is 0.307 e. The molecular formula is C14H14N2O3S. The van der Waals surface area contributed by atoms with E-state index in [4.69, 9.17) is 0 Å². The number of hydrogen-bond donors (Lipinski definition) is 2. The number of amides is 2. The summed E-state index contributed by atoms with van der Waals surface area (Å²) in [5.41, 5.74) is 1.57.